The molecular formula is C22H22F3N5O. The van der Waals surface area contributed by atoms with Crippen LogP contribution in [0.2, 0.25) is 0 Å². The molecule has 1 aliphatic rings. The maximum Gasteiger partial charge on any atom is 0.242 e. The lowest BCUT2D eigenvalue weighted by Gasteiger charge is -2.33. The Bertz CT molecular complexity index is 1140. The Labute approximate surface area is 177 Å². The van der Waals surface area contributed by atoms with Crippen LogP contribution in [0.25, 0.3) is 11.3 Å². The van der Waals surface area contributed by atoms with Gasteiger partial charge in [0, 0.05) is 24.7 Å². The molecule has 9 heteroatoms. The summed E-state index contributed by atoms with van der Waals surface area (Å²) in [4.78, 5) is 18.9. The van der Waals surface area contributed by atoms with Crippen LogP contribution in [0.3, 0.4) is 0 Å². The second kappa shape index (κ2) is 7.73. The molecule has 6 nitrogen and oxygen atoms in total. The number of amides is 1. The lowest BCUT2D eigenvalue weighted by molar-refractivity contribution is -0.137. The van der Waals surface area contributed by atoms with Crippen molar-refractivity contribution in [2.24, 2.45) is 5.73 Å². The number of anilines is 2. The van der Waals surface area contributed by atoms with Crippen LogP contribution in [0.4, 0.5) is 24.7 Å². The summed E-state index contributed by atoms with van der Waals surface area (Å²) in [5, 5.41) is 3.00. The number of nitrogens with zero attached hydrogens (tertiary/aromatic N) is 3. The summed E-state index contributed by atoms with van der Waals surface area (Å²) in [6.45, 7) is 4.30. The Morgan fingerprint density at radius 1 is 1.06 bits per heavy atom. The maximum absolute atomic E-state index is 14.3. The number of carbonyl (C=O) groups excluding carboxylic acids is 1. The predicted molar refractivity (Wildman–Crippen MR) is 111 cm³/mol. The van der Waals surface area contributed by atoms with E-state index in [-0.39, 0.29) is 18.1 Å². The number of nitrogens with two attached hydrogens (primary N) is 1. The monoisotopic (exact) mass is 429 g/mol. The smallest absolute Gasteiger partial charge is 0.242 e. The number of hydrogen-bond donors (Lipinski definition) is 2. The molecule has 4 rings (SSSR count). The van der Waals surface area contributed by atoms with Gasteiger partial charge in [-0.15, -0.1) is 0 Å². The van der Waals surface area contributed by atoms with E-state index in [2.05, 4.69) is 10.3 Å². The minimum absolute atomic E-state index is 0.0778. The van der Waals surface area contributed by atoms with Crippen molar-refractivity contribution in [3.8, 4) is 11.3 Å². The maximum atomic E-state index is 14.3. The molecule has 0 fully saturated rings. The minimum Gasteiger partial charge on any atom is -0.337 e. The molecule has 162 valence electrons. The molecule has 0 spiro atoms. The molecule has 0 saturated heterocycles. The van der Waals surface area contributed by atoms with Gasteiger partial charge in [0.15, 0.2) is 0 Å². The molecule has 0 saturated carbocycles. The molecule has 2 aromatic carbocycles. The quantitative estimate of drug-likeness (QED) is 0.662. The number of nitrogens with one attached hydrogen (secondary N) is 1. The molecule has 31 heavy (non-hydrogen) atoms. The zero-order valence-electron chi connectivity index (χ0n) is 17.1. The van der Waals surface area contributed by atoms with E-state index in [0.717, 1.165) is 12.1 Å². The van der Waals surface area contributed by atoms with Gasteiger partial charge in [-0.1, -0.05) is 0 Å². The molecule has 1 aliphatic heterocycles. The standard InChI is InChI=1S/C22H22F3N5O/c1-22(2,26)21(31)29-9-10-30-18(12-29)28-19(13-3-5-14(23)6-4-13)20(30)27-17-8-7-15(24)11-16(17)25/h3-8,11,27H,9-10,12,26H2,1-2H3. The fourth-order valence-corrected chi connectivity index (χ4v) is 3.57. The van der Waals surface area contributed by atoms with E-state index in [1.807, 2.05) is 4.57 Å². The summed E-state index contributed by atoms with van der Waals surface area (Å²) in [5.41, 5.74) is 6.11. The number of rotatable bonds is 4. The van der Waals surface area contributed by atoms with E-state index in [1.165, 1.54) is 18.2 Å². The summed E-state index contributed by atoms with van der Waals surface area (Å²) in [6, 6.07) is 9.00. The lowest BCUT2D eigenvalue weighted by Crippen LogP contribution is -2.52. The van der Waals surface area contributed by atoms with E-state index < -0.39 is 23.0 Å². The Balaban J connectivity index is 1.77. The second-order valence-electron chi connectivity index (χ2n) is 8.08. The van der Waals surface area contributed by atoms with E-state index in [0.29, 0.717) is 36.0 Å². The first kappa shape index (κ1) is 20.9. The van der Waals surface area contributed by atoms with Crippen LogP contribution in [0.15, 0.2) is 42.5 Å². The molecule has 3 aromatic rings. The second-order valence-corrected chi connectivity index (χ2v) is 8.08. The lowest BCUT2D eigenvalue weighted by atomic mass is 10.1. The molecule has 1 aromatic heterocycles. The van der Waals surface area contributed by atoms with Crippen molar-refractivity contribution in [2.45, 2.75) is 32.5 Å². The van der Waals surface area contributed by atoms with Gasteiger partial charge in [0.1, 0.15) is 34.8 Å². The van der Waals surface area contributed by atoms with Crippen molar-refractivity contribution >= 4 is 17.4 Å². The third-order valence-electron chi connectivity index (χ3n) is 5.11. The molecule has 0 unspecified atom stereocenters. The van der Waals surface area contributed by atoms with Crippen LogP contribution in [0.5, 0.6) is 0 Å². The zero-order valence-corrected chi connectivity index (χ0v) is 17.1. The highest BCUT2D eigenvalue weighted by Crippen LogP contribution is 2.34. The highest BCUT2D eigenvalue weighted by Gasteiger charge is 2.32. The van der Waals surface area contributed by atoms with Crippen LogP contribution in [0, 0.1) is 17.5 Å². The van der Waals surface area contributed by atoms with Crippen molar-refractivity contribution in [3.05, 3.63) is 65.7 Å². The van der Waals surface area contributed by atoms with Crippen molar-refractivity contribution in [3.63, 3.8) is 0 Å². The summed E-state index contributed by atoms with van der Waals surface area (Å²) in [7, 11) is 0. The largest absolute Gasteiger partial charge is 0.337 e. The van der Waals surface area contributed by atoms with Gasteiger partial charge in [0.25, 0.3) is 0 Å². The zero-order chi connectivity index (χ0) is 22.3. The normalized spacial score (nSPS) is 13.8. The van der Waals surface area contributed by atoms with Gasteiger partial charge in [-0.25, -0.2) is 18.2 Å². The van der Waals surface area contributed by atoms with E-state index in [1.54, 1.807) is 30.9 Å². The summed E-state index contributed by atoms with van der Waals surface area (Å²) >= 11 is 0. The Morgan fingerprint density at radius 2 is 1.74 bits per heavy atom. The molecule has 0 bridgehead atoms. The van der Waals surface area contributed by atoms with Crippen LogP contribution in [0.1, 0.15) is 19.7 Å². The molecule has 0 atom stereocenters. The Morgan fingerprint density at radius 3 is 2.39 bits per heavy atom. The Kier molecular flexibility index (Phi) is 5.22. The predicted octanol–water partition coefficient (Wildman–Crippen LogP) is 3.79. The van der Waals surface area contributed by atoms with Gasteiger partial charge in [-0.3, -0.25) is 4.79 Å². The van der Waals surface area contributed by atoms with E-state index in [4.69, 9.17) is 5.73 Å². The Hall–Kier alpha value is -3.33. The van der Waals surface area contributed by atoms with Gasteiger partial charge in [0.2, 0.25) is 5.91 Å². The van der Waals surface area contributed by atoms with Crippen LogP contribution < -0.4 is 11.1 Å². The molecule has 1 amide bonds. The van der Waals surface area contributed by atoms with Crippen LogP contribution in [-0.4, -0.2) is 32.4 Å². The average molecular weight is 429 g/mol. The number of aromatic nitrogens is 2. The number of fused-ring (bicyclic) bond motifs is 1. The van der Waals surface area contributed by atoms with Gasteiger partial charge in [-0.2, -0.15) is 0 Å². The molecule has 0 radical (unpaired) electrons. The number of imidazole rings is 1. The van der Waals surface area contributed by atoms with Gasteiger partial charge < -0.3 is 20.5 Å². The highest BCUT2D eigenvalue weighted by molar-refractivity contribution is 5.85. The SMILES string of the molecule is CC(C)(N)C(=O)N1CCn2c(nc(-c3ccc(F)cc3)c2Nc2ccc(F)cc2F)C1. The van der Waals surface area contributed by atoms with Gasteiger partial charge in [-0.05, 0) is 50.2 Å². The van der Waals surface area contributed by atoms with Crippen LogP contribution >= 0.6 is 0 Å². The molecule has 0 aliphatic carbocycles. The third kappa shape index (κ3) is 4.13. The first-order valence-corrected chi connectivity index (χ1v) is 9.79. The van der Waals surface area contributed by atoms with E-state index >= 15 is 0 Å². The van der Waals surface area contributed by atoms with Crippen molar-refractivity contribution < 1.29 is 18.0 Å². The molecule has 2 heterocycles. The van der Waals surface area contributed by atoms with Gasteiger partial charge in [0.05, 0.1) is 17.8 Å². The van der Waals surface area contributed by atoms with Crippen molar-refractivity contribution in [1.29, 1.82) is 0 Å². The summed E-state index contributed by atoms with van der Waals surface area (Å²) in [6.07, 6.45) is 0. The molecular weight excluding hydrogens is 407 g/mol. The number of carbonyl (C=O) groups is 1. The summed E-state index contributed by atoms with van der Waals surface area (Å²) in [5.74, 6) is -0.980. The topological polar surface area (TPSA) is 76.2 Å². The van der Waals surface area contributed by atoms with Crippen LogP contribution in [-0.2, 0) is 17.9 Å². The number of halogens is 3. The first-order chi connectivity index (χ1) is 14.6. The van der Waals surface area contributed by atoms with Crippen molar-refractivity contribution in [1.82, 2.24) is 14.5 Å². The van der Waals surface area contributed by atoms with Crippen molar-refractivity contribution in [2.75, 3.05) is 11.9 Å². The van der Waals surface area contributed by atoms with E-state index in [9.17, 15) is 18.0 Å². The number of hydrogen-bond acceptors (Lipinski definition) is 4. The minimum atomic E-state index is -1.02. The van der Waals surface area contributed by atoms with Gasteiger partial charge >= 0.3 is 0 Å². The molecule has 3 N–H and O–H groups in total. The highest BCUT2D eigenvalue weighted by atomic mass is 19.1. The number of benzene rings is 2. The fourth-order valence-electron chi connectivity index (χ4n) is 3.57. The fraction of sp³-hybridized carbons (Fsp3) is 0.273. The average Bonchev–Trinajstić information content (AvgIpc) is 3.07. The first-order valence-electron chi connectivity index (χ1n) is 9.79. The third-order valence-corrected chi connectivity index (χ3v) is 5.11. The summed E-state index contributed by atoms with van der Waals surface area (Å²) < 4.78 is 42.9.